The van der Waals surface area contributed by atoms with Crippen molar-refractivity contribution in [3.05, 3.63) is 207 Å². The first-order chi connectivity index (χ1) is 31.5. The molecule has 0 aliphatic heterocycles. The largest absolute Gasteiger partial charge is 0.287 e. The van der Waals surface area contributed by atoms with Gasteiger partial charge < -0.3 is 0 Å². The molecule has 7 aromatic rings. The fraction of sp³-hybridized carbons (Fsp3) is 0.0455. The van der Waals surface area contributed by atoms with Crippen molar-refractivity contribution in [1.82, 2.24) is 0 Å². The number of hydrogen-bond donors (Lipinski definition) is 0. The Labute approximate surface area is 361 Å². The Morgan fingerprint density at radius 1 is 0.418 bits per heavy atom. The Kier molecular flexibility index (Phi) is 13.7. The second kappa shape index (κ2) is 18.6. The van der Waals surface area contributed by atoms with Crippen LogP contribution >= 0.6 is 0 Å². The van der Waals surface area contributed by atoms with E-state index in [-0.39, 0.29) is 5.78 Å². The summed E-state index contributed by atoms with van der Waals surface area (Å²) in [6.07, 6.45) is -2.61. The standard InChI is InChI=1S/C24BF20.C20H18NO/c26-5-1(6(27)14(35)21(42)13(5)34)25(2-7(28)15(36)22(43)16(37)8(2)29,3-9(30)17(38)23(44)18(39)10(3)31)4-11(32)19(40)24(45)20(41)12(4)33;1-2-8-19-18-12-7-6-9-16(18)13-14-21(19)15-20(22)17-10-4-3-5-11-17/h;2-7,9-14H,1,8,15H2/q-1;+1. The van der Waals surface area contributed by atoms with Gasteiger partial charge in [-0.2, -0.15) is 4.57 Å². The van der Waals surface area contributed by atoms with Crippen LogP contribution in [0.3, 0.4) is 0 Å². The lowest BCUT2D eigenvalue weighted by Crippen LogP contribution is -2.81. The number of rotatable bonds is 9. The van der Waals surface area contributed by atoms with Crippen molar-refractivity contribution in [2.45, 2.75) is 13.0 Å². The van der Waals surface area contributed by atoms with E-state index in [0.29, 0.717) is 6.54 Å². The molecule has 0 radical (unpaired) electrons. The highest BCUT2D eigenvalue weighted by Crippen LogP contribution is 2.31. The molecule has 1 aromatic heterocycles. The normalized spacial score (nSPS) is 11.5. The van der Waals surface area contributed by atoms with Crippen LogP contribution in [0.15, 0.2) is 79.5 Å². The minimum atomic E-state index is -7.22. The molecular formula is C44H18BF20NO. The summed E-state index contributed by atoms with van der Waals surface area (Å²) in [6.45, 7) is 4.19. The van der Waals surface area contributed by atoms with Crippen LogP contribution in [0.25, 0.3) is 10.8 Å². The van der Waals surface area contributed by atoms with Crippen molar-refractivity contribution in [2.24, 2.45) is 0 Å². The molecule has 0 bridgehead atoms. The van der Waals surface area contributed by atoms with Crippen LogP contribution in [-0.2, 0) is 13.0 Å². The van der Waals surface area contributed by atoms with Crippen molar-refractivity contribution in [1.29, 1.82) is 0 Å². The molecule has 0 atom stereocenters. The van der Waals surface area contributed by atoms with Gasteiger partial charge >= 0.3 is 0 Å². The number of fused-ring (bicyclic) bond motifs is 1. The number of pyridine rings is 1. The van der Waals surface area contributed by atoms with E-state index in [9.17, 15) is 57.5 Å². The van der Waals surface area contributed by atoms with Crippen molar-refractivity contribution < 1.29 is 97.2 Å². The van der Waals surface area contributed by atoms with Crippen LogP contribution in [0.2, 0.25) is 0 Å². The monoisotopic (exact) mass is 967 g/mol. The average Bonchev–Trinajstić information content (AvgIpc) is 3.32. The first-order valence-corrected chi connectivity index (χ1v) is 18.3. The summed E-state index contributed by atoms with van der Waals surface area (Å²) in [7, 11) is 0. The van der Waals surface area contributed by atoms with Gasteiger partial charge in [0.15, 0.2) is 81.7 Å². The lowest BCUT2D eigenvalue weighted by molar-refractivity contribution is -0.688. The number of allylic oxidation sites excluding steroid dienone is 1. The van der Waals surface area contributed by atoms with E-state index in [0.717, 1.165) is 17.7 Å². The molecule has 0 saturated heterocycles. The van der Waals surface area contributed by atoms with E-state index in [1.165, 1.54) is 10.8 Å². The van der Waals surface area contributed by atoms with Crippen molar-refractivity contribution in [3.8, 4) is 0 Å². The van der Waals surface area contributed by atoms with Gasteiger partial charge in [-0.3, -0.25) is 4.79 Å². The van der Waals surface area contributed by atoms with E-state index in [4.69, 9.17) is 0 Å². The molecule has 0 N–H and O–H groups in total. The molecule has 0 fully saturated rings. The Balaban J connectivity index is 0.000000279. The second-order valence-corrected chi connectivity index (χ2v) is 14.1. The Hall–Kier alpha value is -7.20. The predicted molar refractivity (Wildman–Crippen MR) is 198 cm³/mol. The van der Waals surface area contributed by atoms with Crippen LogP contribution in [0.4, 0.5) is 87.8 Å². The lowest BCUT2D eigenvalue weighted by atomic mass is 9.12. The number of halogens is 20. The van der Waals surface area contributed by atoms with Gasteiger partial charge in [-0.05, 0) is 11.5 Å². The maximum absolute atomic E-state index is 15.4. The van der Waals surface area contributed by atoms with Crippen LogP contribution in [0.5, 0.6) is 0 Å². The SMILES string of the molecule is C=CCc1c2ccccc2cc[n+]1CC(=O)c1ccccc1.Fc1c(F)c(F)c([B-](c2c(F)c(F)c(F)c(F)c2F)(c2c(F)c(F)c(F)c(F)c2F)c2c(F)c(F)c(F)c(F)c2F)c(F)c1F. The molecule has 67 heavy (non-hydrogen) atoms. The quantitative estimate of drug-likeness (QED) is 0.0269. The van der Waals surface area contributed by atoms with Gasteiger partial charge in [0.25, 0.3) is 0 Å². The van der Waals surface area contributed by atoms with Gasteiger partial charge in [0.2, 0.25) is 12.3 Å². The summed E-state index contributed by atoms with van der Waals surface area (Å²) in [5.41, 5.74) is -12.5. The number of carbonyl (C=O) groups is 1. The Morgan fingerprint density at radius 2 is 0.716 bits per heavy atom. The number of ketones is 1. The topological polar surface area (TPSA) is 20.9 Å². The highest BCUT2D eigenvalue weighted by molar-refractivity contribution is 7.20. The zero-order chi connectivity index (χ0) is 49.7. The summed E-state index contributed by atoms with van der Waals surface area (Å²) in [4.78, 5) is 12.5. The van der Waals surface area contributed by atoms with E-state index in [2.05, 4.69) is 24.8 Å². The van der Waals surface area contributed by atoms with Gasteiger partial charge in [0, 0.05) is 17.0 Å². The first-order valence-electron chi connectivity index (χ1n) is 18.3. The Bertz CT molecular complexity index is 2800. The fourth-order valence-electron chi connectivity index (χ4n) is 7.58. The summed E-state index contributed by atoms with van der Waals surface area (Å²) < 4.78 is 296. The smallest absolute Gasteiger partial charge is 0.227 e. The molecule has 0 aliphatic carbocycles. The third kappa shape index (κ3) is 7.82. The minimum absolute atomic E-state index is 0.117. The molecule has 0 unspecified atom stereocenters. The van der Waals surface area contributed by atoms with Gasteiger partial charge in [-0.15, -0.1) is 28.4 Å². The molecule has 23 heteroatoms. The molecule has 0 saturated carbocycles. The third-order valence-electron chi connectivity index (χ3n) is 10.5. The maximum Gasteiger partial charge on any atom is 0.227 e. The molecule has 2 nitrogen and oxygen atoms in total. The average molecular weight is 967 g/mol. The molecule has 0 amide bonds. The first kappa shape index (κ1) is 49.2. The number of hydrogen-bond acceptors (Lipinski definition) is 1. The van der Waals surface area contributed by atoms with Gasteiger partial charge in [-0.1, -0.05) is 54.6 Å². The maximum atomic E-state index is 15.4. The molecule has 0 aliphatic rings. The molecule has 6 aromatic carbocycles. The molecule has 1 heterocycles. The van der Waals surface area contributed by atoms with Crippen LogP contribution in [0.1, 0.15) is 16.1 Å². The summed E-state index contributed by atoms with van der Waals surface area (Å²) >= 11 is 0. The highest BCUT2D eigenvalue weighted by atomic mass is 19.2. The predicted octanol–water partition coefficient (Wildman–Crippen LogP) is 9.58. The van der Waals surface area contributed by atoms with E-state index < -0.39 is 144 Å². The number of benzene rings is 6. The Morgan fingerprint density at radius 3 is 1.04 bits per heavy atom. The van der Waals surface area contributed by atoms with E-state index >= 15 is 35.1 Å². The summed E-state index contributed by atoms with van der Waals surface area (Å²) in [5.74, 6) is -71.3. The molecule has 348 valence electrons. The van der Waals surface area contributed by atoms with Crippen molar-refractivity contribution >= 4 is 44.6 Å². The number of Topliss-reactive ketones (excluding diaryl/α,β-unsaturated/α-hetero) is 1. The fourth-order valence-corrected chi connectivity index (χ4v) is 7.58. The van der Waals surface area contributed by atoms with E-state index in [1.54, 1.807) is 0 Å². The molecule has 0 spiro atoms. The third-order valence-corrected chi connectivity index (χ3v) is 10.5. The second-order valence-electron chi connectivity index (χ2n) is 14.1. The summed E-state index contributed by atoms with van der Waals surface area (Å²) in [6, 6.07) is 19.7. The number of carbonyl (C=O) groups excluding carboxylic acids is 1. The van der Waals surface area contributed by atoms with Crippen molar-refractivity contribution in [3.63, 3.8) is 0 Å². The number of aromatic nitrogens is 1. The van der Waals surface area contributed by atoms with Gasteiger partial charge in [0.05, 0.1) is 6.42 Å². The van der Waals surface area contributed by atoms with Gasteiger partial charge in [0.1, 0.15) is 52.7 Å². The van der Waals surface area contributed by atoms with Crippen molar-refractivity contribution in [2.75, 3.05) is 0 Å². The zero-order valence-electron chi connectivity index (χ0n) is 32.5. The summed E-state index contributed by atoms with van der Waals surface area (Å²) in [5, 5.41) is 2.36. The van der Waals surface area contributed by atoms with E-state index in [1.807, 2.05) is 59.3 Å². The molecule has 7 rings (SSSR count). The van der Waals surface area contributed by atoms with Crippen LogP contribution in [-0.4, -0.2) is 11.9 Å². The zero-order valence-corrected chi connectivity index (χ0v) is 32.5. The highest BCUT2D eigenvalue weighted by Gasteiger charge is 2.52. The minimum Gasteiger partial charge on any atom is -0.287 e. The lowest BCUT2D eigenvalue weighted by Gasteiger charge is -2.44. The number of nitrogens with zero attached hydrogens (tertiary/aromatic N) is 1. The van der Waals surface area contributed by atoms with Gasteiger partial charge in [-0.25, -0.2) is 87.8 Å². The molecular weight excluding hydrogens is 949 g/mol. The van der Waals surface area contributed by atoms with Crippen LogP contribution < -0.4 is 26.4 Å². The van der Waals surface area contributed by atoms with Crippen LogP contribution in [0, 0.1) is 116 Å².